The van der Waals surface area contributed by atoms with E-state index in [-0.39, 0.29) is 35.2 Å². The summed E-state index contributed by atoms with van der Waals surface area (Å²) in [6, 6.07) is 19.6. The summed E-state index contributed by atoms with van der Waals surface area (Å²) in [5.41, 5.74) is 0.862. The number of carbonyl (C=O) groups excluding carboxylic acids is 1. The zero-order valence-corrected chi connectivity index (χ0v) is 18.9. The molecule has 0 spiro atoms. The summed E-state index contributed by atoms with van der Waals surface area (Å²) < 4.78 is 16.7. The minimum absolute atomic E-state index is 0.0174. The van der Waals surface area contributed by atoms with Gasteiger partial charge < -0.3 is 19.2 Å². The Labute approximate surface area is 204 Å². The molecule has 0 radical (unpaired) electrons. The zero-order valence-electron chi connectivity index (χ0n) is 18.9. The molecule has 1 heterocycles. The third-order valence-electron chi connectivity index (χ3n) is 4.93. The fourth-order valence-electron chi connectivity index (χ4n) is 3.15. The lowest BCUT2D eigenvalue weighted by Crippen LogP contribution is -2.11. The predicted molar refractivity (Wildman–Crippen MR) is 128 cm³/mol. The van der Waals surface area contributed by atoms with Gasteiger partial charge in [0, 0.05) is 24.3 Å². The smallest absolute Gasteiger partial charge is 0.291 e. The largest absolute Gasteiger partial charge is 0.486 e. The molecule has 0 bridgehead atoms. The quantitative estimate of drug-likeness (QED) is 0.221. The van der Waals surface area contributed by atoms with Crippen LogP contribution in [0.4, 0.5) is 17.1 Å². The number of hydrogen-bond acceptors (Lipinski definition) is 8. The van der Waals surface area contributed by atoms with Crippen molar-refractivity contribution in [3.63, 3.8) is 0 Å². The lowest BCUT2D eigenvalue weighted by Gasteiger charge is -2.09. The predicted octanol–water partition coefficient (Wildman–Crippen LogP) is 6.03. The molecule has 11 heteroatoms. The minimum atomic E-state index is -0.627. The van der Waals surface area contributed by atoms with E-state index in [0.29, 0.717) is 17.3 Å². The van der Waals surface area contributed by atoms with E-state index in [1.165, 1.54) is 48.5 Å². The van der Waals surface area contributed by atoms with Gasteiger partial charge in [0.25, 0.3) is 17.3 Å². The molecule has 0 aliphatic carbocycles. The van der Waals surface area contributed by atoms with Gasteiger partial charge in [-0.1, -0.05) is 17.7 Å². The van der Waals surface area contributed by atoms with Crippen LogP contribution in [0.1, 0.15) is 21.9 Å². The van der Waals surface area contributed by atoms with Crippen molar-refractivity contribution in [2.75, 3.05) is 5.32 Å². The average molecular weight is 489 g/mol. The molecule has 0 saturated carbocycles. The Morgan fingerprint density at radius 3 is 2.17 bits per heavy atom. The number of rotatable bonds is 9. The van der Waals surface area contributed by atoms with Crippen molar-refractivity contribution in [3.8, 4) is 17.2 Å². The second-order valence-electron chi connectivity index (χ2n) is 7.65. The number of hydrogen-bond donors (Lipinski definition) is 1. The van der Waals surface area contributed by atoms with Gasteiger partial charge in [0.2, 0.25) is 0 Å². The highest BCUT2D eigenvalue weighted by atomic mass is 16.6. The van der Waals surface area contributed by atoms with Crippen LogP contribution in [0.5, 0.6) is 17.2 Å². The van der Waals surface area contributed by atoms with E-state index in [9.17, 15) is 25.0 Å². The zero-order chi connectivity index (χ0) is 25.7. The monoisotopic (exact) mass is 489 g/mol. The Hall–Kier alpha value is -5.19. The standard InChI is InChI=1S/C25H19N3O8/c1-16-2-6-21(7-3-16)35-23-13-17(12-19(14-23)28(32)33)26-25(29)24-11-10-22(36-24)15-34-20-8-4-18(5-9-20)27(30)31/h2-14H,15H2,1H3,(H,26,29). The van der Waals surface area contributed by atoms with Crippen molar-refractivity contribution in [1.82, 2.24) is 0 Å². The number of amides is 1. The van der Waals surface area contributed by atoms with Crippen LogP contribution in [0.15, 0.2) is 83.3 Å². The Bertz CT molecular complexity index is 1410. The molecule has 0 unspecified atom stereocenters. The molecular weight excluding hydrogens is 470 g/mol. The SMILES string of the molecule is Cc1ccc(Oc2cc(NC(=O)c3ccc(COc4ccc([N+](=O)[O-])cc4)o3)cc([N+](=O)[O-])c2)cc1. The summed E-state index contributed by atoms with van der Waals surface area (Å²) in [5, 5.41) is 24.7. The molecule has 1 N–H and O–H groups in total. The van der Waals surface area contributed by atoms with E-state index in [1.807, 2.05) is 19.1 Å². The molecule has 4 aromatic rings. The molecule has 182 valence electrons. The number of furan rings is 1. The number of ether oxygens (including phenoxy) is 2. The Balaban J connectivity index is 1.43. The summed E-state index contributed by atoms with van der Waals surface area (Å²) >= 11 is 0. The number of nitrogens with one attached hydrogen (secondary N) is 1. The number of carbonyl (C=O) groups is 1. The highest BCUT2D eigenvalue weighted by Gasteiger charge is 2.16. The van der Waals surface area contributed by atoms with Crippen LogP contribution < -0.4 is 14.8 Å². The van der Waals surface area contributed by atoms with Gasteiger partial charge >= 0.3 is 0 Å². The lowest BCUT2D eigenvalue weighted by atomic mass is 10.2. The fraction of sp³-hybridized carbons (Fsp3) is 0.0800. The summed E-state index contributed by atoms with van der Waals surface area (Å²) in [4.78, 5) is 33.7. The average Bonchev–Trinajstić information content (AvgIpc) is 3.33. The van der Waals surface area contributed by atoms with Crippen LogP contribution in [0.2, 0.25) is 0 Å². The molecule has 1 aromatic heterocycles. The molecule has 1 amide bonds. The van der Waals surface area contributed by atoms with Gasteiger partial charge in [-0.05, 0) is 43.3 Å². The summed E-state index contributed by atoms with van der Waals surface area (Å²) in [6.45, 7) is 1.91. The molecule has 0 aliphatic heterocycles. The normalized spacial score (nSPS) is 10.5. The maximum atomic E-state index is 12.7. The summed E-state index contributed by atoms with van der Waals surface area (Å²) in [5.74, 6) is 0.729. The van der Waals surface area contributed by atoms with E-state index < -0.39 is 15.8 Å². The van der Waals surface area contributed by atoms with Crippen molar-refractivity contribution in [1.29, 1.82) is 0 Å². The first-order valence-electron chi connectivity index (χ1n) is 10.6. The van der Waals surface area contributed by atoms with E-state index in [4.69, 9.17) is 13.9 Å². The van der Waals surface area contributed by atoms with E-state index in [1.54, 1.807) is 18.2 Å². The number of nitrogens with zero attached hydrogens (tertiary/aromatic N) is 2. The third kappa shape index (κ3) is 6.03. The number of non-ortho nitro benzene ring substituents is 2. The highest BCUT2D eigenvalue weighted by molar-refractivity contribution is 6.02. The van der Waals surface area contributed by atoms with E-state index in [0.717, 1.165) is 5.56 Å². The molecule has 3 aromatic carbocycles. The number of nitro benzene ring substituents is 2. The van der Waals surface area contributed by atoms with Gasteiger partial charge in [0.1, 0.15) is 29.6 Å². The van der Waals surface area contributed by atoms with Gasteiger partial charge in [0.05, 0.1) is 21.6 Å². The molecule has 0 aliphatic rings. The lowest BCUT2D eigenvalue weighted by molar-refractivity contribution is -0.385. The molecule has 11 nitrogen and oxygen atoms in total. The van der Waals surface area contributed by atoms with E-state index in [2.05, 4.69) is 5.32 Å². The van der Waals surface area contributed by atoms with Crippen LogP contribution in [0.25, 0.3) is 0 Å². The summed E-state index contributed by atoms with van der Waals surface area (Å²) in [7, 11) is 0. The second-order valence-corrected chi connectivity index (χ2v) is 7.65. The number of benzene rings is 3. The Kier molecular flexibility index (Phi) is 6.91. The number of nitro groups is 2. The first-order valence-corrected chi connectivity index (χ1v) is 10.6. The van der Waals surface area contributed by atoms with Crippen LogP contribution >= 0.6 is 0 Å². The molecule has 36 heavy (non-hydrogen) atoms. The Morgan fingerprint density at radius 1 is 0.833 bits per heavy atom. The highest BCUT2D eigenvalue weighted by Crippen LogP contribution is 2.30. The van der Waals surface area contributed by atoms with Gasteiger partial charge in [-0.3, -0.25) is 25.0 Å². The summed E-state index contributed by atoms with van der Waals surface area (Å²) in [6.07, 6.45) is 0. The van der Waals surface area contributed by atoms with Crippen molar-refractivity contribution in [2.45, 2.75) is 13.5 Å². The number of aryl methyl sites for hydroxylation is 1. The minimum Gasteiger partial charge on any atom is -0.486 e. The molecular formula is C25H19N3O8. The van der Waals surface area contributed by atoms with Crippen LogP contribution in [0.3, 0.4) is 0 Å². The van der Waals surface area contributed by atoms with Crippen molar-refractivity contribution in [2.24, 2.45) is 0 Å². The van der Waals surface area contributed by atoms with Crippen molar-refractivity contribution in [3.05, 3.63) is 116 Å². The fourth-order valence-corrected chi connectivity index (χ4v) is 3.15. The first kappa shape index (κ1) is 24.0. The first-order chi connectivity index (χ1) is 17.3. The maximum absolute atomic E-state index is 12.7. The maximum Gasteiger partial charge on any atom is 0.291 e. The molecule has 0 saturated heterocycles. The second kappa shape index (κ2) is 10.4. The van der Waals surface area contributed by atoms with Crippen LogP contribution in [0, 0.1) is 27.2 Å². The van der Waals surface area contributed by atoms with Crippen LogP contribution in [-0.2, 0) is 6.61 Å². The van der Waals surface area contributed by atoms with Gasteiger partial charge in [-0.25, -0.2) is 0 Å². The molecule has 4 rings (SSSR count). The van der Waals surface area contributed by atoms with Crippen molar-refractivity contribution >= 4 is 23.0 Å². The number of anilines is 1. The molecule has 0 atom stereocenters. The topological polar surface area (TPSA) is 147 Å². The third-order valence-corrected chi connectivity index (χ3v) is 4.93. The van der Waals surface area contributed by atoms with Crippen molar-refractivity contribution < 1.29 is 28.5 Å². The van der Waals surface area contributed by atoms with Gasteiger partial charge in [0.15, 0.2) is 5.76 Å². The molecule has 0 fully saturated rings. The van der Waals surface area contributed by atoms with Crippen LogP contribution in [-0.4, -0.2) is 15.8 Å². The van der Waals surface area contributed by atoms with Gasteiger partial charge in [-0.2, -0.15) is 0 Å². The van der Waals surface area contributed by atoms with E-state index >= 15 is 0 Å². The van der Waals surface area contributed by atoms with Gasteiger partial charge in [-0.15, -0.1) is 0 Å². The Morgan fingerprint density at radius 2 is 1.50 bits per heavy atom.